The molecule has 2 nitrogen and oxygen atoms in total. The highest BCUT2D eigenvalue weighted by molar-refractivity contribution is 6.33. The van der Waals surface area contributed by atoms with Crippen molar-refractivity contribution < 1.29 is 4.39 Å². The molecule has 0 spiro atoms. The molecule has 0 radical (unpaired) electrons. The first-order chi connectivity index (χ1) is 7.66. The Morgan fingerprint density at radius 2 is 1.75 bits per heavy atom. The number of halogens is 2. The van der Waals surface area contributed by atoms with E-state index in [4.69, 9.17) is 17.3 Å². The molecule has 0 bridgehead atoms. The van der Waals surface area contributed by atoms with Gasteiger partial charge in [0.15, 0.2) is 0 Å². The molecule has 0 unspecified atom stereocenters. The maximum absolute atomic E-state index is 12.7. The number of rotatable bonds is 2. The van der Waals surface area contributed by atoms with Gasteiger partial charge in [0.2, 0.25) is 0 Å². The van der Waals surface area contributed by atoms with Crippen molar-refractivity contribution in [1.82, 2.24) is 0 Å². The average molecular weight is 237 g/mol. The Bertz CT molecular complexity index is 497. The molecule has 0 saturated carbocycles. The number of nitrogen functional groups attached to an aromatic ring is 1. The van der Waals surface area contributed by atoms with E-state index in [0.29, 0.717) is 16.4 Å². The minimum absolute atomic E-state index is 0.274. The summed E-state index contributed by atoms with van der Waals surface area (Å²) >= 11 is 5.88. The van der Waals surface area contributed by atoms with Crippen LogP contribution in [0.15, 0.2) is 42.5 Å². The van der Waals surface area contributed by atoms with Crippen LogP contribution in [-0.4, -0.2) is 0 Å². The number of hydrogen-bond acceptors (Lipinski definition) is 2. The standard InChI is InChI=1S/C12H10ClFN2/c13-10-2-1-3-11(12(10)15)16-9-6-4-8(14)5-7-9/h1-7,16H,15H2. The monoisotopic (exact) mass is 236 g/mol. The normalized spacial score (nSPS) is 10.1. The molecule has 0 amide bonds. The van der Waals surface area contributed by atoms with Crippen LogP contribution in [0.3, 0.4) is 0 Å². The zero-order valence-electron chi connectivity index (χ0n) is 8.37. The molecule has 2 rings (SSSR count). The largest absolute Gasteiger partial charge is 0.396 e. The molecule has 82 valence electrons. The molecule has 0 heterocycles. The second-order valence-electron chi connectivity index (χ2n) is 3.33. The number of para-hydroxylation sites is 1. The quantitative estimate of drug-likeness (QED) is 0.779. The van der Waals surface area contributed by atoms with Crippen LogP contribution in [0.5, 0.6) is 0 Å². The van der Waals surface area contributed by atoms with E-state index in [1.165, 1.54) is 12.1 Å². The lowest BCUT2D eigenvalue weighted by Gasteiger charge is -2.10. The highest BCUT2D eigenvalue weighted by atomic mass is 35.5. The van der Waals surface area contributed by atoms with Crippen molar-refractivity contribution in [2.45, 2.75) is 0 Å². The van der Waals surface area contributed by atoms with Crippen molar-refractivity contribution in [3.8, 4) is 0 Å². The summed E-state index contributed by atoms with van der Waals surface area (Å²) in [4.78, 5) is 0. The fourth-order valence-corrected chi connectivity index (χ4v) is 1.51. The Hall–Kier alpha value is -1.74. The lowest BCUT2D eigenvalue weighted by atomic mass is 10.2. The van der Waals surface area contributed by atoms with Crippen LogP contribution < -0.4 is 11.1 Å². The predicted octanol–water partition coefficient (Wildman–Crippen LogP) is 3.80. The highest BCUT2D eigenvalue weighted by Gasteiger charge is 2.02. The SMILES string of the molecule is Nc1c(Cl)cccc1Nc1ccc(F)cc1. The minimum atomic E-state index is -0.274. The van der Waals surface area contributed by atoms with Crippen molar-refractivity contribution in [3.63, 3.8) is 0 Å². The van der Waals surface area contributed by atoms with Crippen molar-refractivity contribution in [2.75, 3.05) is 11.1 Å². The van der Waals surface area contributed by atoms with E-state index >= 15 is 0 Å². The van der Waals surface area contributed by atoms with Crippen LogP contribution in [0, 0.1) is 5.82 Å². The van der Waals surface area contributed by atoms with Gasteiger partial charge in [-0.15, -0.1) is 0 Å². The summed E-state index contributed by atoms with van der Waals surface area (Å²) in [7, 11) is 0. The zero-order chi connectivity index (χ0) is 11.5. The number of nitrogens with two attached hydrogens (primary N) is 1. The molecule has 2 aromatic rings. The average Bonchev–Trinajstić information content (AvgIpc) is 2.28. The van der Waals surface area contributed by atoms with Gasteiger partial charge in [-0.2, -0.15) is 0 Å². The van der Waals surface area contributed by atoms with E-state index in [9.17, 15) is 4.39 Å². The molecule has 3 N–H and O–H groups in total. The van der Waals surface area contributed by atoms with Gasteiger partial charge in [0.25, 0.3) is 0 Å². The van der Waals surface area contributed by atoms with E-state index in [0.717, 1.165) is 5.69 Å². The van der Waals surface area contributed by atoms with E-state index in [-0.39, 0.29) is 5.82 Å². The molecule has 0 atom stereocenters. The third-order valence-corrected chi connectivity index (χ3v) is 2.51. The number of hydrogen-bond donors (Lipinski definition) is 2. The molecule has 16 heavy (non-hydrogen) atoms. The highest BCUT2D eigenvalue weighted by Crippen LogP contribution is 2.29. The second kappa shape index (κ2) is 4.41. The van der Waals surface area contributed by atoms with Gasteiger partial charge in [-0.05, 0) is 36.4 Å². The van der Waals surface area contributed by atoms with Crippen LogP contribution in [-0.2, 0) is 0 Å². The Balaban J connectivity index is 2.27. The van der Waals surface area contributed by atoms with Crippen LogP contribution in [0.4, 0.5) is 21.5 Å². The molecule has 2 aromatic carbocycles. The maximum Gasteiger partial charge on any atom is 0.123 e. The summed E-state index contributed by atoms with van der Waals surface area (Å²) in [6, 6.07) is 11.3. The maximum atomic E-state index is 12.7. The van der Waals surface area contributed by atoms with E-state index in [2.05, 4.69) is 5.32 Å². The van der Waals surface area contributed by atoms with Gasteiger partial charge in [0, 0.05) is 5.69 Å². The van der Waals surface area contributed by atoms with Crippen molar-refractivity contribution in [1.29, 1.82) is 0 Å². The molecular weight excluding hydrogens is 227 g/mol. The minimum Gasteiger partial charge on any atom is -0.396 e. The fourth-order valence-electron chi connectivity index (χ4n) is 1.33. The van der Waals surface area contributed by atoms with Gasteiger partial charge in [-0.3, -0.25) is 0 Å². The van der Waals surface area contributed by atoms with Crippen molar-refractivity contribution >= 4 is 28.7 Å². The Kier molecular flexibility index (Phi) is 2.97. The molecule has 4 heteroatoms. The number of anilines is 3. The van der Waals surface area contributed by atoms with E-state index < -0.39 is 0 Å². The third kappa shape index (κ3) is 2.25. The summed E-state index contributed by atoms with van der Waals surface area (Å²) in [5.74, 6) is -0.274. The first-order valence-electron chi connectivity index (χ1n) is 4.73. The van der Waals surface area contributed by atoms with Crippen molar-refractivity contribution in [3.05, 3.63) is 53.3 Å². The van der Waals surface area contributed by atoms with Gasteiger partial charge >= 0.3 is 0 Å². The second-order valence-corrected chi connectivity index (χ2v) is 3.74. The fraction of sp³-hybridized carbons (Fsp3) is 0. The first-order valence-corrected chi connectivity index (χ1v) is 5.11. The molecule has 0 aliphatic heterocycles. The van der Waals surface area contributed by atoms with Crippen LogP contribution in [0.1, 0.15) is 0 Å². The Morgan fingerprint density at radius 1 is 1.06 bits per heavy atom. The van der Waals surface area contributed by atoms with Crippen LogP contribution in [0.25, 0.3) is 0 Å². The lowest BCUT2D eigenvalue weighted by Crippen LogP contribution is -1.96. The molecule has 0 aliphatic rings. The smallest absolute Gasteiger partial charge is 0.123 e. The van der Waals surface area contributed by atoms with Gasteiger partial charge < -0.3 is 11.1 Å². The summed E-state index contributed by atoms with van der Waals surface area (Å²) in [6.07, 6.45) is 0. The van der Waals surface area contributed by atoms with Crippen LogP contribution in [0.2, 0.25) is 5.02 Å². The van der Waals surface area contributed by atoms with Gasteiger partial charge in [-0.25, -0.2) is 4.39 Å². The molecule has 0 saturated heterocycles. The molecule has 0 fully saturated rings. The summed E-state index contributed by atoms with van der Waals surface area (Å²) in [5, 5.41) is 3.56. The summed E-state index contributed by atoms with van der Waals surface area (Å²) < 4.78 is 12.7. The van der Waals surface area contributed by atoms with Gasteiger partial charge in [0.1, 0.15) is 5.82 Å². The molecule has 0 aliphatic carbocycles. The Labute approximate surface area is 97.8 Å². The summed E-state index contributed by atoms with van der Waals surface area (Å²) in [6.45, 7) is 0. The Morgan fingerprint density at radius 3 is 2.44 bits per heavy atom. The lowest BCUT2D eigenvalue weighted by molar-refractivity contribution is 0.628. The van der Waals surface area contributed by atoms with Gasteiger partial charge in [-0.1, -0.05) is 17.7 Å². The molecular formula is C12H10ClFN2. The van der Waals surface area contributed by atoms with Crippen molar-refractivity contribution in [2.24, 2.45) is 0 Å². The van der Waals surface area contributed by atoms with E-state index in [1.807, 2.05) is 6.07 Å². The molecule has 0 aromatic heterocycles. The van der Waals surface area contributed by atoms with E-state index in [1.54, 1.807) is 24.3 Å². The summed E-state index contributed by atoms with van der Waals surface area (Å²) in [5.41, 5.74) is 7.74. The number of benzene rings is 2. The first kappa shape index (κ1) is 10.8. The number of nitrogens with one attached hydrogen (secondary N) is 1. The van der Waals surface area contributed by atoms with Crippen LogP contribution >= 0.6 is 11.6 Å². The predicted molar refractivity (Wildman–Crippen MR) is 65.5 cm³/mol. The zero-order valence-corrected chi connectivity index (χ0v) is 9.13. The topological polar surface area (TPSA) is 38.0 Å². The van der Waals surface area contributed by atoms with Gasteiger partial charge in [0.05, 0.1) is 16.4 Å². The third-order valence-electron chi connectivity index (χ3n) is 2.18.